The molecule has 3 aromatic carbocycles. The highest BCUT2D eigenvalue weighted by molar-refractivity contribution is 7.90. The fourth-order valence-electron chi connectivity index (χ4n) is 3.61. The van der Waals surface area contributed by atoms with E-state index in [4.69, 9.17) is 4.98 Å². The lowest BCUT2D eigenvalue weighted by atomic mass is 10.0. The number of aromatic nitrogens is 2. The molecular formula is C24H23N3O3S. The summed E-state index contributed by atoms with van der Waals surface area (Å²) in [5.74, 6) is 0.512. The Morgan fingerprint density at radius 1 is 1.00 bits per heavy atom. The molecule has 0 saturated carbocycles. The molecule has 6 nitrogen and oxygen atoms in total. The molecule has 158 valence electrons. The third-order valence-electron chi connectivity index (χ3n) is 5.30. The van der Waals surface area contributed by atoms with Crippen molar-refractivity contribution in [2.75, 3.05) is 6.26 Å². The summed E-state index contributed by atoms with van der Waals surface area (Å²) in [5, 5.41) is 3.06. The second-order valence-electron chi connectivity index (χ2n) is 7.52. The minimum atomic E-state index is -3.40. The number of carbonyl (C=O) groups is 1. The lowest BCUT2D eigenvalue weighted by Crippen LogP contribution is -2.30. The highest BCUT2D eigenvalue weighted by Crippen LogP contribution is 2.22. The number of nitrogens with one attached hydrogen (secondary N) is 1. The second kappa shape index (κ2) is 8.35. The first-order valence-corrected chi connectivity index (χ1v) is 11.8. The van der Waals surface area contributed by atoms with E-state index in [1.165, 1.54) is 12.1 Å². The largest absolute Gasteiger partial charge is 0.345 e. The van der Waals surface area contributed by atoms with Crippen LogP contribution < -0.4 is 5.32 Å². The maximum Gasteiger partial charge on any atom is 0.251 e. The summed E-state index contributed by atoms with van der Waals surface area (Å²) in [4.78, 5) is 17.9. The molecule has 1 atom stereocenters. The third-order valence-corrected chi connectivity index (χ3v) is 6.41. The summed E-state index contributed by atoms with van der Waals surface area (Å²) >= 11 is 0. The zero-order chi connectivity index (χ0) is 22.0. The Morgan fingerprint density at radius 3 is 2.42 bits per heavy atom. The molecule has 0 fully saturated rings. The van der Waals surface area contributed by atoms with Crippen LogP contribution in [0.4, 0.5) is 0 Å². The van der Waals surface area contributed by atoms with Crippen LogP contribution in [-0.4, -0.2) is 30.1 Å². The molecule has 0 spiro atoms. The van der Waals surface area contributed by atoms with Crippen LogP contribution in [0.5, 0.6) is 0 Å². The average Bonchev–Trinajstić information content (AvgIpc) is 3.09. The predicted molar refractivity (Wildman–Crippen MR) is 121 cm³/mol. The van der Waals surface area contributed by atoms with E-state index in [1.807, 2.05) is 66.2 Å². The summed E-state index contributed by atoms with van der Waals surface area (Å²) in [7, 11) is -1.44. The van der Waals surface area contributed by atoms with Gasteiger partial charge in [0, 0.05) is 25.3 Å². The number of rotatable bonds is 6. The highest BCUT2D eigenvalue weighted by Gasteiger charge is 2.20. The zero-order valence-electron chi connectivity index (χ0n) is 17.3. The van der Waals surface area contributed by atoms with Gasteiger partial charge in [-0.1, -0.05) is 48.5 Å². The van der Waals surface area contributed by atoms with Crippen LogP contribution in [0.25, 0.3) is 11.0 Å². The maximum atomic E-state index is 13.0. The molecule has 1 aromatic heterocycles. The number of hydrogen-bond acceptors (Lipinski definition) is 4. The minimum Gasteiger partial charge on any atom is -0.345 e. The van der Waals surface area contributed by atoms with Crippen LogP contribution in [0.2, 0.25) is 0 Å². The molecule has 0 aliphatic rings. The van der Waals surface area contributed by atoms with Crippen molar-refractivity contribution in [3.05, 3.63) is 95.8 Å². The Kier molecular flexibility index (Phi) is 5.61. The summed E-state index contributed by atoms with van der Waals surface area (Å²) in [6.07, 6.45) is 1.62. The molecule has 0 aliphatic carbocycles. The summed E-state index contributed by atoms with van der Waals surface area (Å²) < 4.78 is 25.8. The Morgan fingerprint density at radius 2 is 1.71 bits per heavy atom. The van der Waals surface area contributed by atoms with Gasteiger partial charge in [0.25, 0.3) is 5.91 Å². The molecule has 0 aliphatic heterocycles. The van der Waals surface area contributed by atoms with Gasteiger partial charge in [-0.2, -0.15) is 0 Å². The summed E-state index contributed by atoms with van der Waals surface area (Å²) in [6, 6.07) is 23.3. The smallest absolute Gasteiger partial charge is 0.251 e. The van der Waals surface area contributed by atoms with Crippen LogP contribution in [0.15, 0.2) is 83.8 Å². The van der Waals surface area contributed by atoms with E-state index >= 15 is 0 Å². The quantitative estimate of drug-likeness (QED) is 0.503. The van der Waals surface area contributed by atoms with Crippen molar-refractivity contribution in [1.82, 2.24) is 14.9 Å². The van der Waals surface area contributed by atoms with Crippen molar-refractivity contribution >= 4 is 26.8 Å². The average molecular weight is 434 g/mol. The molecule has 1 N–H and O–H groups in total. The normalized spacial score (nSPS) is 12.6. The summed E-state index contributed by atoms with van der Waals surface area (Å²) in [6.45, 7) is 0. The van der Waals surface area contributed by atoms with E-state index in [0.29, 0.717) is 12.0 Å². The van der Waals surface area contributed by atoms with Gasteiger partial charge in [-0.3, -0.25) is 4.79 Å². The second-order valence-corrected chi connectivity index (χ2v) is 9.53. The number of hydrogen-bond donors (Lipinski definition) is 1. The number of sulfone groups is 1. The van der Waals surface area contributed by atoms with Crippen molar-refractivity contribution in [1.29, 1.82) is 0 Å². The Hall–Kier alpha value is -3.45. The zero-order valence-corrected chi connectivity index (χ0v) is 18.1. The molecule has 0 radical (unpaired) electrons. The number of imidazole rings is 1. The first-order chi connectivity index (χ1) is 14.8. The number of carbonyl (C=O) groups excluding carboxylic acids is 1. The number of amides is 1. The predicted octanol–water partition coefficient (Wildman–Crippen LogP) is 3.69. The standard InChI is InChI=1S/C24H23N3O3S/c1-27-22-14-7-6-13-20(22)25-23(27)16-21(17-9-4-3-5-10-17)26-24(28)18-11-8-12-19(15-18)31(2,29)30/h3-15,21H,16H2,1-2H3,(H,26,28)/t21-/m1/s1. The van der Waals surface area contributed by atoms with E-state index in [0.717, 1.165) is 28.7 Å². The van der Waals surface area contributed by atoms with Gasteiger partial charge in [0.15, 0.2) is 9.84 Å². The topological polar surface area (TPSA) is 81.1 Å². The molecule has 4 aromatic rings. The first kappa shape index (κ1) is 20.8. The van der Waals surface area contributed by atoms with Crippen molar-refractivity contribution in [2.45, 2.75) is 17.4 Å². The number of benzene rings is 3. The summed E-state index contributed by atoms with van der Waals surface area (Å²) in [5.41, 5.74) is 3.17. The van der Waals surface area contributed by atoms with Crippen LogP contribution >= 0.6 is 0 Å². The molecule has 0 unspecified atom stereocenters. The number of aryl methyl sites for hydroxylation is 1. The molecule has 0 saturated heterocycles. The van der Waals surface area contributed by atoms with Gasteiger partial charge in [0.2, 0.25) is 0 Å². The van der Waals surface area contributed by atoms with Gasteiger partial charge in [-0.05, 0) is 35.9 Å². The van der Waals surface area contributed by atoms with E-state index in [1.54, 1.807) is 12.1 Å². The van der Waals surface area contributed by atoms with E-state index in [2.05, 4.69) is 5.32 Å². The van der Waals surface area contributed by atoms with Crippen LogP contribution in [-0.2, 0) is 23.3 Å². The molecule has 31 heavy (non-hydrogen) atoms. The highest BCUT2D eigenvalue weighted by atomic mass is 32.2. The lowest BCUT2D eigenvalue weighted by Gasteiger charge is -2.19. The monoisotopic (exact) mass is 433 g/mol. The fourth-order valence-corrected chi connectivity index (χ4v) is 4.27. The Balaban J connectivity index is 1.66. The van der Waals surface area contributed by atoms with Gasteiger partial charge in [-0.25, -0.2) is 13.4 Å². The van der Waals surface area contributed by atoms with E-state index < -0.39 is 9.84 Å². The number of fused-ring (bicyclic) bond motifs is 1. The van der Waals surface area contributed by atoms with Gasteiger partial charge >= 0.3 is 0 Å². The molecule has 0 bridgehead atoms. The third kappa shape index (κ3) is 4.51. The Bertz CT molecular complexity index is 1350. The number of para-hydroxylation sites is 2. The van der Waals surface area contributed by atoms with Crippen molar-refractivity contribution in [3.63, 3.8) is 0 Å². The molecule has 1 heterocycles. The maximum absolute atomic E-state index is 13.0. The van der Waals surface area contributed by atoms with E-state index in [9.17, 15) is 13.2 Å². The van der Waals surface area contributed by atoms with Crippen molar-refractivity contribution in [3.8, 4) is 0 Å². The van der Waals surface area contributed by atoms with Crippen LogP contribution in [0.3, 0.4) is 0 Å². The SMILES string of the molecule is Cn1c(C[C@@H](NC(=O)c2cccc(S(C)(=O)=O)c2)c2ccccc2)nc2ccccc21. The van der Waals surface area contributed by atoms with Gasteiger partial charge < -0.3 is 9.88 Å². The van der Waals surface area contributed by atoms with Gasteiger partial charge in [0.1, 0.15) is 5.82 Å². The molecular weight excluding hydrogens is 410 g/mol. The van der Waals surface area contributed by atoms with Crippen molar-refractivity contribution in [2.24, 2.45) is 7.05 Å². The molecule has 1 amide bonds. The van der Waals surface area contributed by atoms with E-state index in [-0.39, 0.29) is 16.8 Å². The lowest BCUT2D eigenvalue weighted by molar-refractivity contribution is 0.0936. The fraction of sp³-hybridized carbons (Fsp3) is 0.167. The van der Waals surface area contributed by atoms with Crippen LogP contribution in [0, 0.1) is 0 Å². The molecule has 4 rings (SSSR count). The van der Waals surface area contributed by atoms with Gasteiger partial charge in [0.05, 0.1) is 22.0 Å². The van der Waals surface area contributed by atoms with Crippen LogP contribution in [0.1, 0.15) is 27.8 Å². The minimum absolute atomic E-state index is 0.117. The van der Waals surface area contributed by atoms with Crippen molar-refractivity contribution < 1.29 is 13.2 Å². The number of nitrogens with zero attached hydrogens (tertiary/aromatic N) is 2. The molecule has 7 heteroatoms. The Labute approximate surface area is 181 Å². The van der Waals surface area contributed by atoms with Gasteiger partial charge in [-0.15, -0.1) is 0 Å². The first-order valence-electron chi connectivity index (χ1n) is 9.89.